The van der Waals surface area contributed by atoms with Gasteiger partial charge in [0.1, 0.15) is 6.73 Å². The second kappa shape index (κ2) is 8.73. The van der Waals surface area contributed by atoms with E-state index in [0.717, 1.165) is 45.8 Å². The van der Waals surface area contributed by atoms with Crippen molar-refractivity contribution in [3.8, 4) is 0 Å². The molecule has 3 heterocycles. The van der Waals surface area contributed by atoms with Crippen molar-refractivity contribution in [2.24, 2.45) is 0 Å². The van der Waals surface area contributed by atoms with Gasteiger partial charge in [0.05, 0.1) is 6.67 Å². The van der Waals surface area contributed by atoms with Crippen LogP contribution in [0, 0.1) is 0 Å². The molecule has 5 rings (SSSR count). The zero-order valence-electron chi connectivity index (χ0n) is 18.2. The lowest BCUT2D eigenvalue weighted by atomic mass is 10.0. The normalized spacial score (nSPS) is 19.4. The first-order chi connectivity index (χ1) is 15.2. The second-order valence-corrected chi connectivity index (χ2v) is 8.83. The number of rotatable bonds is 4. The first kappa shape index (κ1) is 20.1. The number of ether oxygens (including phenoxy) is 1. The summed E-state index contributed by atoms with van der Waals surface area (Å²) in [5.41, 5.74) is 6.70. The molecule has 0 saturated heterocycles. The van der Waals surface area contributed by atoms with Gasteiger partial charge in [-0.3, -0.25) is 9.80 Å². The van der Waals surface area contributed by atoms with Crippen LogP contribution in [0.4, 0.5) is 4.79 Å². The molecule has 3 aliphatic rings. The van der Waals surface area contributed by atoms with Crippen LogP contribution >= 0.6 is 0 Å². The van der Waals surface area contributed by atoms with E-state index in [0.29, 0.717) is 13.3 Å². The maximum Gasteiger partial charge on any atom is 0.411 e. The molecule has 1 amide bonds. The summed E-state index contributed by atoms with van der Waals surface area (Å²) in [6.45, 7) is 6.16. The van der Waals surface area contributed by atoms with E-state index in [2.05, 4.69) is 76.3 Å². The zero-order valence-corrected chi connectivity index (χ0v) is 18.2. The molecule has 31 heavy (non-hydrogen) atoms. The standard InChI is InChI=1S/C25H30N4O2/c1-26-18-27(13-20-7-3-2-4-8-20)16-23-17-29(12-11-24(23)26)25(30)31-19-28-14-21-9-5-6-10-22(21)15-28/h2-10H,11-19H2,1H3. The van der Waals surface area contributed by atoms with E-state index in [1.54, 1.807) is 0 Å². The van der Waals surface area contributed by atoms with E-state index in [-0.39, 0.29) is 6.09 Å². The van der Waals surface area contributed by atoms with Crippen molar-refractivity contribution in [2.75, 3.05) is 40.1 Å². The molecule has 0 aromatic heterocycles. The molecular weight excluding hydrogens is 388 g/mol. The summed E-state index contributed by atoms with van der Waals surface area (Å²) in [6.07, 6.45) is 0.695. The fourth-order valence-corrected chi connectivity index (χ4v) is 4.96. The lowest BCUT2D eigenvalue weighted by Crippen LogP contribution is -2.48. The minimum absolute atomic E-state index is 0.203. The molecule has 2 aromatic carbocycles. The van der Waals surface area contributed by atoms with Crippen molar-refractivity contribution >= 4 is 6.09 Å². The second-order valence-electron chi connectivity index (χ2n) is 8.83. The van der Waals surface area contributed by atoms with Gasteiger partial charge in [0.2, 0.25) is 0 Å². The lowest BCUT2D eigenvalue weighted by molar-refractivity contribution is 0.0399. The molecule has 3 aliphatic heterocycles. The van der Waals surface area contributed by atoms with Crippen molar-refractivity contribution in [3.05, 3.63) is 82.6 Å². The van der Waals surface area contributed by atoms with Crippen molar-refractivity contribution in [2.45, 2.75) is 26.1 Å². The van der Waals surface area contributed by atoms with Gasteiger partial charge in [-0.05, 0) is 22.3 Å². The lowest BCUT2D eigenvalue weighted by Gasteiger charge is -2.42. The van der Waals surface area contributed by atoms with Gasteiger partial charge < -0.3 is 14.5 Å². The predicted molar refractivity (Wildman–Crippen MR) is 120 cm³/mol. The van der Waals surface area contributed by atoms with Crippen LogP contribution in [0.15, 0.2) is 65.9 Å². The van der Waals surface area contributed by atoms with Crippen LogP contribution in [0.3, 0.4) is 0 Å². The molecule has 162 valence electrons. The maximum atomic E-state index is 12.8. The summed E-state index contributed by atoms with van der Waals surface area (Å²) < 4.78 is 5.69. The Hall–Kier alpha value is -2.83. The third kappa shape index (κ3) is 4.45. The molecule has 0 aliphatic carbocycles. The van der Waals surface area contributed by atoms with Crippen LogP contribution in [0.2, 0.25) is 0 Å². The van der Waals surface area contributed by atoms with Gasteiger partial charge in [-0.2, -0.15) is 0 Å². The SMILES string of the molecule is CN1CN(Cc2ccccc2)CC2=C1CCN(C(=O)OCN1Cc3ccccc3C1)C2. The monoisotopic (exact) mass is 418 g/mol. The number of carbonyl (C=O) groups is 1. The summed E-state index contributed by atoms with van der Waals surface area (Å²) in [5, 5.41) is 0. The first-order valence-corrected chi connectivity index (χ1v) is 11.0. The highest BCUT2D eigenvalue weighted by atomic mass is 16.6. The van der Waals surface area contributed by atoms with Crippen molar-refractivity contribution in [3.63, 3.8) is 0 Å². The Morgan fingerprint density at radius 2 is 1.61 bits per heavy atom. The number of amides is 1. The van der Waals surface area contributed by atoms with Gasteiger partial charge in [-0.15, -0.1) is 0 Å². The molecule has 6 heteroatoms. The van der Waals surface area contributed by atoms with Crippen LogP contribution in [0.1, 0.15) is 23.1 Å². The summed E-state index contributed by atoms with van der Waals surface area (Å²) in [7, 11) is 2.16. The predicted octanol–water partition coefficient (Wildman–Crippen LogP) is 3.46. The van der Waals surface area contributed by atoms with Crippen LogP contribution in [-0.4, -0.2) is 65.8 Å². The molecule has 0 bridgehead atoms. The molecule has 0 fully saturated rings. The number of fused-ring (bicyclic) bond motifs is 1. The molecule has 0 N–H and O–H groups in total. The average molecular weight is 419 g/mol. The van der Waals surface area contributed by atoms with Gasteiger partial charge in [-0.1, -0.05) is 54.6 Å². The minimum atomic E-state index is -0.203. The summed E-state index contributed by atoms with van der Waals surface area (Å²) in [5.74, 6) is 0. The highest BCUT2D eigenvalue weighted by molar-refractivity contribution is 5.68. The molecule has 6 nitrogen and oxygen atoms in total. The van der Waals surface area contributed by atoms with Gasteiger partial charge in [0, 0.05) is 58.4 Å². The third-order valence-corrected chi connectivity index (χ3v) is 6.48. The van der Waals surface area contributed by atoms with Crippen LogP contribution < -0.4 is 0 Å². The number of hydrogen-bond acceptors (Lipinski definition) is 5. The smallest absolute Gasteiger partial charge is 0.411 e. The fourth-order valence-electron chi connectivity index (χ4n) is 4.96. The van der Waals surface area contributed by atoms with Crippen molar-refractivity contribution < 1.29 is 9.53 Å². The molecule has 0 radical (unpaired) electrons. The minimum Gasteiger partial charge on any atom is -0.433 e. The van der Waals surface area contributed by atoms with Gasteiger partial charge in [0.15, 0.2) is 0 Å². The van der Waals surface area contributed by atoms with Crippen molar-refractivity contribution in [1.29, 1.82) is 0 Å². The van der Waals surface area contributed by atoms with Crippen molar-refractivity contribution in [1.82, 2.24) is 19.6 Å². The molecule has 2 aromatic rings. The van der Waals surface area contributed by atoms with E-state index >= 15 is 0 Å². The van der Waals surface area contributed by atoms with E-state index in [1.165, 1.54) is 28.0 Å². The number of benzene rings is 2. The highest BCUT2D eigenvalue weighted by Crippen LogP contribution is 2.27. The first-order valence-electron chi connectivity index (χ1n) is 11.0. The van der Waals surface area contributed by atoms with Crippen LogP contribution in [-0.2, 0) is 24.4 Å². The Morgan fingerprint density at radius 3 is 2.35 bits per heavy atom. The Kier molecular flexibility index (Phi) is 5.66. The molecule has 0 saturated carbocycles. The Morgan fingerprint density at radius 1 is 0.903 bits per heavy atom. The quantitative estimate of drug-likeness (QED) is 0.760. The van der Waals surface area contributed by atoms with E-state index in [9.17, 15) is 4.79 Å². The molecular formula is C25H30N4O2. The third-order valence-electron chi connectivity index (χ3n) is 6.48. The highest BCUT2D eigenvalue weighted by Gasteiger charge is 2.30. The maximum absolute atomic E-state index is 12.8. The van der Waals surface area contributed by atoms with Gasteiger partial charge in [-0.25, -0.2) is 4.79 Å². The average Bonchev–Trinajstić information content (AvgIpc) is 3.21. The number of nitrogens with zero attached hydrogens (tertiary/aromatic N) is 4. The number of hydrogen-bond donors (Lipinski definition) is 0. The van der Waals surface area contributed by atoms with Crippen LogP contribution in [0.25, 0.3) is 0 Å². The van der Waals surface area contributed by atoms with E-state index < -0.39 is 0 Å². The Balaban J connectivity index is 1.16. The molecule has 0 atom stereocenters. The summed E-state index contributed by atoms with van der Waals surface area (Å²) in [6, 6.07) is 19.0. The Labute approximate surface area is 184 Å². The van der Waals surface area contributed by atoms with E-state index in [1.807, 2.05) is 4.90 Å². The zero-order chi connectivity index (χ0) is 21.2. The Bertz CT molecular complexity index is 949. The summed E-state index contributed by atoms with van der Waals surface area (Å²) in [4.78, 5) is 21.6. The molecule has 0 unspecified atom stereocenters. The summed E-state index contributed by atoms with van der Waals surface area (Å²) >= 11 is 0. The van der Waals surface area contributed by atoms with Gasteiger partial charge in [0.25, 0.3) is 0 Å². The van der Waals surface area contributed by atoms with Crippen LogP contribution in [0.5, 0.6) is 0 Å². The topological polar surface area (TPSA) is 39.3 Å². The van der Waals surface area contributed by atoms with Gasteiger partial charge >= 0.3 is 6.09 Å². The molecule has 0 spiro atoms. The number of carbonyl (C=O) groups excluding carboxylic acids is 1. The largest absolute Gasteiger partial charge is 0.433 e. The fraction of sp³-hybridized carbons (Fsp3) is 0.400. The van der Waals surface area contributed by atoms with E-state index in [4.69, 9.17) is 4.74 Å².